The van der Waals surface area contributed by atoms with E-state index in [0.717, 1.165) is 16.3 Å². The fourth-order valence-corrected chi connectivity index (χ4v) is 3.87. The summed E-state index contributed by atoms with van der Waals surface area (Å²) in [4.78, 5) is 12.0. The number of thioether (sulfide) groups is 1. The molecule has 0 aliphatic carbocycles. The lowest BCUT2D eigenvalue weighted by Crippen LogP contribution is -2.14. The Hall–Kier alpha value is -1.89. The molecule has 1 amide bonds. The molecular formula is C18H16ClN3OS2. The van der Waals surface area contributed by atoms with E-state index in [9.17, 15) is 4.79 Å². The van der Waals surface area contributed by atoms with Gasteiger partial charge < -0.3 is 0 Å². The predicted molar refractivity (Wildman–Crippen MR) is 106 cm³/mol. The standard InChI is InChI=1S/C18H16ClN3OS2/c1-12-3-2-4-13(9-12)10-24-11-16(23)20-18-22-21-17(25-18)14-5-7-15(19)8-6-14/h2-9H,10-11H2,1H3,(H,20,22,23). The van der Waals surface area contributed by atoms with E-state index < -0.39 is 0 Å². The third-order valence-electron chi connectivity index (χ3n) is 3.35. The number of hydrogen-bond donors (Lipinski definition) is 1. The molecule has 0 atom stereocenters. The summed E-state index contributed by atoms with van der Waals surface area (Å²) in [5.41, 5.74) is 3.38. The van der Waals surface area contributed by atoms with Crippen molar-refractivity contribution in [1.29, 1.82) is 0 Å². The van der Waals surface area contributed by atoms with Gasteiger partial charge in [-0.1, -0.05) is 64.9 Å². The zero-order valence-electron chi connectivity index (χ0n) is 13.5. The molecular weight excluding hydrogens is 374 g/mol. The van der Waals surface area contributed by atoms with Gasteiger partial charge in [-0.15, -0.1) is 22.0 Å². The summed E-state index contributed by atoms with van der Waals surface area (Å²) in [6.45, 7) is 2.06. The normalized spacial score (nSPS) is 10.6. The van der Waals surface area contributed by atoms with Crippen LogP contribution in [-0.2, 0) is 10.5 Å². The maximum absolute atomic E-state index is 12.0. The number of nitrogens with one attached hydrogen (secondary N) is 1. The van der Waals surface area contributed by atoms with E-state index in [0.29, 0.717) is 15.9 Å². The van der Waals surface area contributed by atoms with Crippen LogP contribution in [0.5, 0.6) is 0 Å². The van der Waals surface area contributed by atoms with Crippen molar-refractivity contribution >= 4 is 45.7 Å². The minimum atomic E-state index is -0.0727. The van der Waals surface area contributed by atoms with Crippen LogP contribution in [0.15, 0.2) is 48.5 Å². The highest BCUT2D eigenvalue weighted by atomic mass is 35.5. The zero-order valence-corrected chi connectivity index (χ0v) is 15.9. The number of nitrogens with zero attached hydrogens (tertiary/aromatic N) is 2. The van der Waals surface area contributed by atoms with Gasteiger partial charge in [-0.25, -0.2) is 0 Å². The van der Waals surface area contributed by atoms with E-state index in [-0.39, 0.29) is 5.91 Å². The molecule has 25 heavy (non-hydrogen) atoms. The molecule has 128 valence electrons. The van der Waals surface area contributed by atoms with Crippen molar-refractivity contribution in [3.8, 4) is 10.6 Å². The summed E-state index contributed by atoms with van der Waals surface area (Å²) >= 11 is 8.80. The van der Waals surface area contributed by atoms with E-state index >= 15 is 0 Å². The van der Waals surface area contributed by atoms with Crippen molar-refractivity contribution in [3.63, 3.8) is 0 Å². The maximum atomic E-state index is 12.0. The first-order chi connectivity index (χ1) is 12.1. The van der Waals surface area contributed by atoms with Crippen LogP contribution in [0.4, 0.5) is 5.13 Å². The summed E-state index contributed by atoms with van der Waals surface area (Å²) in [5.74, 6) is 1.11. The summed E-state index contributed by atoms with van der Waals surface area (Å²) < 4.78 is 0. The van der Waals surface area contributed by atoms with E-state index in [1.807, 2.05) is 18.2 Å². The van der Waals surface area contributed by atoms with Gasteiger partial charge in [-0.2, -0.15) is 0 Å². The number of rotatable bonds is 6. The average molecular weight is 390 g/mol. The van der Waals surface area contributed by atoms with Gasteiger partial charge in [0.15, 0.2) is 0 Å². The van der Waals surface area contributed by atoms with Gasteiger partial charge in [0.25, 0.3) is 0 Å². The molecule has 0 saturated carbocycles. The molecule has 0 aliphatic heterocycles. The number of anilines is 1. The largest absolute Gasteiger partial charge is 0.300 e. The predicted octanol–water partition coefficient (Wildman–Crippen LogP) is 5.04. The third kappa shape index (κ3) is 5.29. The number of carbonyl (C=O) groups excluding carboxylic acids is 1. The van der Waals surface area contributed by atoms with Crippen LogP contribution in [0.3, 0.4) is 0 Å². The Morgan fingerprint density at radius 1 is 1.20 bits per heavy atom. The van der Waals surface area contributed by atoms with Gasteiger partial charge in [-0.3, -0.25) is 10.1 Å². The second-order valence-corrected chi connectivity index (χ2v) is 7.85. The molecule has 3 rings (SSSR count). The lowest BCUT2D eigenvalue weighted by Gasteiger charge is -2.03. The first-order valence-corrected chi connectivity index (χ1v) is 9.97. The Bertz CT molecular complexity index is 865. The first-order valence-electron chi connectivity index (χ1n) is 7.63. The van der Waals surface area contributed by atoms with E-state index in [1.54, 1.807) is 23.9 Å². The molecule has 0 unspecified atom stereocenters. The summed E-state index contributed by atoms with van der Waals surface area (Å²) in [5, 5.41) is 12.9. The fourth-order valence-electron chi connectivity index (χ4n) is 2.20. The number of aryl methyl sites for hydroxylation is 1. The van der Waals surface area contributed by atoms with Crippen molar-refractivity contribution in [2.24, 2.45) is 0 Å². The minimum absolute atomic E-state index is 0.0727. The Labute approximate surface area is 159 Å². The molecule has 0 bridgehead atoms. The monoisotopic (exact) mass is 389 g/mol. The van der Waals surface area contributed by atoms with Gasteiger partial charge in [0, 0.05) is 16.3 Å². The topological polar surface area (TPSA) is 54.9 Å². The van der Waals surface area contributed by atoms with Gasteiger partial charge in [0.2, 0.25) is 11.0 Å². The molecule has 0 saturated heterocycles. The molecule has 1 N–H and O–H groups in total. The molecule has 0 spiro atoms. The van der Waals surface area contributed by atoms with E-state index in [2.05, 4.69) is 40.6 Å². The third-order valence-corrected chi connectivity index (χ3v) is 5.49. The first kappa shape index (κ1) is 17.9. The minimum Gasteiger partial charge on any atom is -0.300 e. The second-order valence-electron chi connectivity index (χ2n) is 5.45. The Kier molecular flexibility index (Phi) is 6.07. The van der Waals surface area contributed by atoms with E-state index in [4.69, 9.17) is 11.6 Å². The Morgan fingerprint density at radius 2 is 2.00 bits per heavy atom. The smallest absolute Gasteiger partial charge is 0.236 e. The number of amides is 1. The highest BCUT2D eigenvalue weighted by molar-refractivity contribution is 7.99. The Balaban J connectivity index is 1.50. The number of halogens is 1. The SMILES string of the molecule is Cc1cccc(CSCC(=O)Nc2nnc(-c3ccc(Cl)cc3)s2)c1. The lowest BCUT2D eigenvalue weighted by molar-refractivity contribution is -0.113. The molecule has 3 aromatic rings. The molecule has 0 radical (unpaired) electrons. The number of carbonyl (C=O) groups is 1. The Morgan fingerprint density at radius 3 is 2.76 bits per heavy atom. The zero-order chi connectivity index (χ0) is 17.6. The van der Waals surface area contributed by atoms with Crippen LogP contribution < -0.4 is 5.32 Å². The fraction of sp³-hybridized carbons (Fsp3) is 0.167. The van der Waals surface area contributed by atoms with Crippen LogP contribution in [-0.4, -0.2) is 21.9 Å². The van der Waals surface area contributed by atoms with E-state index in [1.165, 1.54) is 22.5 Å². The van der Waals surface area contributed by atoms with Gasteiger partial charge >= 0.3 is 0 Å². The van der Waals surface area contributed by atoms with Gasteiger partial charge in [0.1, 0.15) is 5.01 Å². The molecule has 0 fully saturated rings. The van der Waals surface area contributed by atoms with Crippen molar-refractivity contribution < 1.29 is 4.79 Å². The highest BCUT2D eigenvalue weighted by Gasteiger charge is 2.10. The van der Waals surface area contributed by atoms with Crippen molar-refractivity contribution in [1.82, 2.24) is 10.2 Å². The molecule has 4 nitrogen and oxygen atoms in total. The quantitative estimate of drug-likeness (QED) is 0.641. The molecule has 7 heteroatoms. The summed E-state index contributed by atoms with van der Waals surface area (Å²) in [6, 6.07) is 15.7. The van der Waals surface area contributed by atoms with Gasteiger partial charge in [0.05, 0.1) is 5.75 Å². The lowest BCUT2D eigenvalue weighted by atomic mass is 10.2. The number of benzene rings is 2. The van der Waals surface area contributed by atoms with Crippen LogP contribution in [0, 0.1) is 6.92 Å². The molecule has 1 heterocycles. The van der Waals surface area contributed by atoms with Crippen LogP contribution in [0.25, 0.3) is 10.6 Å². The van der Waals surface area contributed by atoms with Crippen molar-refractivity contribution in [2.45, 2.75) is 12.7 Å². The average Bonchev–Trinajstić information content (AvgIpc) is 3.04. The molecule has 0 aliphatic rings. The summed E-state index contributed by atoms with van der Waals surface area (Å²) in [7, 11) is 0. The van der Waals surface area contributed by atoms with Crippen molar-refractivity contribution in [2.75, 3.05) is 11.1 Å². The molecule has 2 aromatic carbocycles. The van der Waals surface area contributed by atoms with Crippen LogP contribution in [0.2, 0.25) is 5.02 Å². The van der Waals surface area contributed by atoms with Crippen LogP contribution in [0.1, 0.15) is 11.1 Å². The van der Waals surface area contributed by atoms with Gasteiger partial charge in [-0.05, 0) is 24.6 Å². The highest BCUT2D eigenvalue weighted by Crippen LogP contribution is 2.27. The maximum Gasteiger partial charge on any atom is 0.236 e. The number of hydrogen-bond acceptors (Lipinski definition) is 5. The summed E-state index contributed by atoms with van der Waals surface area (Å²) in [6.07, 6.45) is 0. The number of aromatic nitrogens is 2. The second kappa shape index (κ2) is 8.47. The van der Waals surface area contributed by atoms with Crippen LogP contribution >= 0.6 is 34.7 Å². The van der Waals surface area contributed by atoms with Crippen molar-refractivity contribution in [3.05, 3.63) is 64.7 Å². The molecule has 1 aromatic heterocycles.